The molecule has 0 N–H and O–H groups in total. The molecule has 1 aromatic heterocycles. The summed E-state index contributed by atoms with van der Waals surface area (Å²) in [4.78, 5) is 9.90. The largest absolute Gasteiger partial charge is 0.496 e. The molecule has 0 spiro atoms. The Bertz CT molecular complexity index is 855. The second kappa shape index (κ2) is 9.24. The first-order valence-electron chi connectivity index (χ1n) is 8.69. The van der Waals surface area contributed by atoms with Crippen molar-refractivity contribution >= 4 is 14.3 Å². The molecule has 5 nitrogen and oxygen atoms in total. The van der Waals surface area contributed by atoms with Crippen LogP contribution in [0, 0.1) is 18.4 Å². The van der Waals surface area contributed by atoms with Crippen LogP contribution in [0.15, 0.2) is 35.5 Å². The van der Waals surface area contributed by atoms with E-state index >= 15 is 0 Å². The number of hydrogen-bond acceptors (Lipinski definition) is 5. The molecule has 1 heterocycles. The highest BCUT2D eigenvalue weighted by Gasteiger charge is 2.10. The highest BCUT2D eigenvalue weighted by Crippen LogP contribution is 2.28. The van der Waals surface area contributed by atoms with Crippen LogP contribution in [-0.2, 0) is 11.4 Å². The van der Waals surface area contributed by atoms with E-state index in [1.165, 1.54) is 0 Å². The fraction of sp³-hybridized carbons (Fsp3) is 0.333. The summed E-state index contributed by atoms with van der Waals surface area (Å²) in [5, 5.41) is 4.04. The minimum atomic E-state index is -1.43. The van der Waals surface area contributed by atoms with Crippen LogP contribution < -0.4 is 9.47 Å². The average Bonchev–Trinajstić information content (AvgIpc) is 2.62. The molecule has 0 saturated heterocycles. The highest BCUT2D eigenvalue weighted by molar-refractivity contribution is 6.83. The summed E-state index contributed by atoms with van der Waals surface area (Å²) in [5.74, 6) is 4.64. The van der Waals surface area contributed by atoms with Gasteiger partial charge in [0.15, 0.2) is 0 Å². The molecular weight excluding hydrogens is 356 g/mol. The number of pyridine rings is 1. The molecule has 6 heteroatoms. The summed E-state index contributed by atoms with van der Waals surface area (Å²) in [6.07, 6.45) is 1.59. The predicted molar refractivity (Wildman–Crippen MR) is 111 cm³/mol. The zero-order chi connectivity index (χ0) is 19.9. The quantitative estimate of drug-likeness (QED) is 0.325. The smallest absolute Gasteiger partial charge is 0.149 e. The zero-order valence-electron chi connectivity index (χ0n) is 16.8. The van der Waals surface area contributed by atoms with Gasteiger partial charge in [0.25, 0.3) is 0 Å². The molecule has 0 unspecified atom stereocenters. The molecule has 0 saturated carbocycles. The summed E-state index contributed by atoms with van der Waals surface area (Å²) < 4.78 is 10.7. The molecule has 0 atom stereocenters. The Balaban J connectivity index is 2.11. The van der Waals surface area contributed by atoms with Crippen molar-refractivity contribution < 1.29 is 14.3 Å². The maximum absolute atomic E-state index is 5.44. The van der Waals surface area contributed by atoms with Gasteiger partial charge in [-0.05, 0) is 31.2 Å². The lowest BCUT2D eigenvalue weighted by molar-refractivity contribution is 0.127. The summed E-state index contributed by atoms with van der Waals surface area (Å²) in [6.45, 7) is 8.83. The van der Waals surface area contributed by atoms with Crippen LogP contribution in [0.4, 0.5) is 0 Å². The van der Waals surface area contributed by atoms with Gasteiger partial charge in [-0.2, -0.15) is 0 Å². The van der Waals surface area contributed by atoms with Crippen molar-refractivity contribution in [2.45, 2.75) is 33.2 Å². The van der Waals surface area contributed by atoms with Crippen LogP contribution in [0.25, 0.3) is 0 Å². The second-order valence-electron chi connectivity index (χ2n) is 7.07. The molecule has 2 rings (SSSR count). The third-order valence-electron chi connectivity index (χ3n) is 3.55. The Morgan fingerprint density at radius 2 is 1.78 bits per heavy atom. The summed E-state index contributed by atoms with van der Waals surface area (Å²) in [7, 11) is 1.80. The van der Waals surface area contributed by atoms with Crippen molar-refractivity contribution in [1.29, 1.82) is 0 Å². The lowest BCUT2D eigenvalue weighted by Gasteiger charge is -2.11. The molecule has 27 heavy (non-hydrogen) atoms. The van der Waals surface area contributed by atoms with Gasteiger partial charge in [-0.3, -0.25) is 4.98 Å². The molecule has 0 amide bonds. The Hall–Kier alpha value is -2.78. The lowest BCUT2D eigenvalue weighted by atomic mass is 10.2. The van der Waals surface area contributed by atoms with E-state index in [1.54, 1.807) is 20.4 Å². The van der Waals surface area contributed by atoms with Crippen LogP contribution in [0.5, 0.6) is 11.5 Å². The predicted octanol–water partition coefficient (Wildman–Crippen LogP) is 4.19. The number of nitrogens with zero attached hydrogens (tertiary/aromatic N) is 2. The fourth-order valence-corrected chi connectivity index (χ4v) is 2.87. The summed E-state index contributed by atoms with van der Waals surface area (Å²) >= 11 is 0. The van der Waals surface area contributed by atoms with E-state index < -0.39 is 8.07 Å². The number of hydrogen-bond donors (Lipinski definition) is 0. The SMILES string of the molecule is COc1cccc(OC)c1CON=Cc1cc(C#C[Si](C)(C)C)cc(C)n1. The van der Waals surface area contributed by atoms with Crippen LogP contribution in [0.2, 0.25) is 19.6 Å². The van der Waals surface area contributed by atoms with Crippen molar-refractivity contribution in [2.75, 3.05) is 14.2 Å². The Labute approximate surface area is 162 Å². The summed E-state index contributed by atoms with van der Waals surface area (Å²) in [6, 6.07) is 9.47. The minimum absolute atomic E-state index is 0.234. The molecule has 2 aromatic rings. The van der Waals surface area contributed by atoms with Gasteiger partial charge < -0.3 is 14.3 Å². The molecule has 0 aliphatic heterocycles. The first-order valence-corrected chi connectivity index (χ1v) is 12.2. The normalized spacial score (nSPS) is 11.0. The number of methoxy groups -OCH3 is 2. The van der Waals surface area contributed by atoms with Gasteiger partial charge >= 0.3 is 0 Å². The van der Waals surface area contributed by atoms with E-state index in [0.717, 1.165) is 16.8 Å². The van der Waals surface area contributed by atoms with Crippen molar-refractivity contribution in [2.24, 2.45) is 5.16 Å². The van der Waals surface area contributed by atoms with Gasteiger partial charge in [-0.25, -0.2) is 0 Å². The topological polar surface area (TPSA) is 52.9 Å². The monoisotopic (exact) mass is 382 g/mol. The number of rotatable bonds is 6. The van der Waals surface area contributed by atoms with Gasteiger partial charge in [0.05, 0.1) is 31.7 Å². The number of ether oxygens (including phenoxy) is 2. The van der Waals surface area contributed by atoms with Crippen molar-refractivity contribution in [3.63, 3.8) is 0 Å². The molecule has 0 aliphatic rings. The standard InChI is InChI=1S/C21H26N2O3Si/c1-16-12-17(10-11-27(4,5)6)13-18(23-16)14-22-26-15-19-20(24-2)8-7-9-21(19)25-3/h7-9,12-14H,15H2,1-6H3. The van der Waals surface area contributed by atoms with Crippen LogP contribution >= 0.6 is 0 Å². The molecular formula is C21H26N2O3Si. The van der Waals surface area contributed by atoms with E-state index in [9.17, 15) is 0 Å². The number of oxime groups is 1. The van der Waals surface area contributed by atoms with Crippen LogP contribution in [0.3, 0.4) is 0 Å². The number of aryl methyl sites for hydroxylation is 1. The minimum Gasteiger partial charge on any atom is -0.496 e. The van der Waals surface area contributed by atoms with E-state index in [0.29, 0.717) is 17.2 Å². The van der Waals surface area contributed by atoms with E-state index in [-0.39, 0.29) is 6.61 Å². The average molecular weight is 383 g/mol. The molecule has 0 radical (unpaired) electrons. The molecule has 1 aromatic carbocycles. The fourth-order valence-electron chi connectivity index (χ4n) is 2.36. The maximum atomic E-state index is 5.44. The third-order valence-corrected chi connectivity index (χ3v) is 4.43. The Morgan fingerprint density at radius 1 is 1.11 bits per heavy atom. The van der Waals surface area contributed by atoms with E-state index in [1.807, 2.05) is 37.3 Å². The van der Waals surface area contributed by atoms with Gasteiger partial charge in [0.1, 0.15) is 26.2 Å². The lowest BCUT2D eigenvalue weighted by Crippen LogP contribution is -2.16. The molecule has 0 bridgehead atoms. The summed E-state index contributed by atoms with van der Waals surface area (Å²) in [5.41, 5.74) is 6.71. The molecule has 142 valence electrons. The van der Waals surface area contributed by atoms with Gasteiger partial charge in [0.2, 0.25) is 0 Å². The molecule has 0 aliphatic carbocycles. The number of benzene rings is 1. The first kappa shape index (κ1) is 20.5. The Kier molecular flexibility index (Phi) is 7.03. The van der Waals surface area contributed by atoms with Crippen molar-refractivity contribution in [1.82, 2.24) is 4.98 Å². The van der Waals surface area contributed by atoms with Crippen LogP contribution in [0.1, 0.15) is 22.5 Å². The van der Waals surface area contributed by atoms with Gasteiger partial charge in [-0.15, -0.1) is 5.54 Å². The maximum Gasteiger partial charge on any atom is 0.149 e. The molecule has 0 fully saturated rings. The Morgan fingerprint density at radius 3 is 2.37 bits per heavy atom. The second-order valence-corrected chi connectivity index (χ2v) is 11.8. The van der Waals surface area contributed by atoms with Gasteiger partial charge in [0, 0.05) is 11.3 Å². The van der Waals surface area contributed by atoms with Crippen molar-refractivity contribution in [3.8, 4) is 23.0 Å². The third kappa shape index (κ3) is 6.46. The highest BCUT2D eigenvalue weighted by atomic mass is 28.3. The zero-order valence-corrected chi connectivity index (χ0v) is 17.8. The first-order chi connectivity index (χ1) is 12.8. The van der Waals surface area contributed by atoms with E-state index in [2.05, 4.69) is 41.2 Å². The van der Waals surface area contributed by atoms with Gasteiger partial charge in [-0.1, -0.05) is 36.8 Å². The van der Waals surface area contributed by atoms with Crippen LogP contribution in [-0.4, -0.2) is 33.5 Å². The number of aromatic nitrogens is 1. The van der Waals surface area contributed by atoms with Crippen molar-refractivity contribution in [3.05, 3.63) is 52.8 Å². The van der Waals surface area contributed by atoms with E-state index in [4.69, 9.17) is 14.3 Å².